The van der Waals surface area contributed by atoms with E-state index in [1.807, 2.05) is 42.5 Å². The molecule has 5 nitrogen and oxygen atoms in total. The zero-order chi connectivity index (χ0) is 19.2. The first kappa shape index (κ1) is 18.7. The van der Waals surface area contributed by atoms with E-state index in [1.54, 1.807) is 25.1 Å². The van der Waals surface area contributed by atoms with Crippen molar-refractivity contribution >= 4 is 39.9 Å². The highest BCUT2D eigenvalue weighted by molar-refractivity contribution is 6.40. The molecule has 0 bridgehead atoms. The number of ether oxygens (including phenoxy) is 1. The van der Waals surface area contributed by atoms with Crippen LogP contribution in [0.1, 0.15) is 5.56 Å². The van der Waals surface area contributed by atoms with Crippen molar-refractivity contribution in [2.24, 2.45) is 0 Å². The van der Waals surface area contributed by atoms with Crippen LogP contribution in [-0.4, -0.2) is 25.0 Å². The molecule has 2 N–H and O–H groups in total. The number of carbonyl (C=O) groups excluding carboxylic acids is 2. The Kier molecular flexibility index (Phi) is 5.94. The van der Waals surface area contributed by atoms with Crippen LogP contribution in [0.2, 0.25) is 5.02 Å². The van der Waals surface area contributed by atoms with Gasteiger partial charge in [0, 0.05) is 16.1 Å². The highest BCUT2D eigenvalue weighted by Gasteiger charge is 2.14. The largest absolute Gasteiger partial charge is 0.491 e. The number of nitrogens with one attached hydrogen (secondary N) is 2. The van der Waals surface area contributed by atoms with E-state index in [1.165, 1.54) is 0 Å². The van der Waals surface area contributed by atoms with Gasteiger partial charge < -0.3 is 15.4 Å². The van der Waals surface area contributed by atoms with E-state index in [0.717, 1.165) is 16.5 Å². The second-order valence-electron chi connectivity index (χ2n) is 5.95. The van der Waals surface area contributed by atoms with Crippen LogP contribution in [0.5, 0.6) is 5.75 Å². The molecule has 0 spiro atoms. The van der Waals surface area contributed by atoms with Gasteiger partial charge in [0.25, 0.3) is 0 Å². The predicted octanol–water partition coefficient (Wildman–Crippen LogP) is 3.94. The summed E-state index contributed by atoms with van der Waals surface area (Å²) < 4.78 is 5.74. The minimum Gasteiger partial charge on any atom is -0.491 e. The fourth-order valence-corrected chi connectivity index (χ4v) is 2.82. The summed E-state index contributed by atoms with van der Waals surface area (Å²) >= 11 is 6.01. The van der Waals surface area contributed by atoms with Gasteiger partial charge in [-0.15, -0.1) is 0 Å². The lowest BCUT2D eigenvalue weighted by atomic mass is 10.1. The summed E-state index contributed by atoms with van der Waals surface area (Å²) in [4.78, 5) is 24.0. The number of benzene rings is 3. The van der Waals surface area contributed by atoms with E-state index in [0.29, 0.717) is 16.3 Å². The quantitative estimate of drug-likeness (QED) is 0.519. The van der Waals surface area contributed by atoms with Gasteiger partial charge in [-0.2, -0.15) is 0 Å². The molecular formula is C21H19ClN2O3. The molecule has 0 unspecified atom stereocenters. The second kappa shape index (κ2) is 8.56. The van der Waals surface area contributed by atoms with Gasteiger partial charge in [0.15, 0.2) is 0 Å². The molecule has 0 fully saturated rings. The molecule has 0 radical (unpaired) electrons. The van der Waals surface area contributed by atoms with Crippen LogP contribution >= 0.6 is 11.6 Å². The lowest BCUT2D eigenvalue weighted by Crippen LogP contribution is -2.37. The maximum Gasteiger partial charge on any atom is 0.313 e. The number of hydrogen-bond acceptors (Lipinski definition) is 3. The van der Waals surface area contributed by atoms with Gasteiger partial charge in [-0.25, -0.2) is 0 Å². The monoisotopic (exact) mass is 382 g/mol. The third-order valence-electron chi connectivity index (χ3n) is 4.12. The van der Waals surface area contributed by atoms with Crippen molar-refractivity contribution in [3.63, 3.8) is 0 Å². The van der Waals surface area contributed by atoms with Crippen molar-refractivity contribution < 1.29 is 14.3 Å². The molecule has 3 aromatic rings. The standard InChI is InChI=1S/C21H19ClN2O3/c1-14-17(22)9-5-10-18(14)24-21(26)20(25)23-12-13-27-19-11-4-7-15-6-2-3-8-16(15)19/h2-11H,12-13H2,1H3,(H,23,25)(H,24,26). The van der Waals surface area contributed by atoms with Crippen LogP contribution in [-0.2, 0) is 9.59 Å². The van der Waals surface area contributed by atoms with Gasteiger partial charge in [-0.1, -0.05) is 54.1 Å². The Balaban J connectivity index is 1.50. The average molecular weight is 383 g/mol. The fraction of sp³-hybridized carbons (Fsp3) is 0.143. The minimum absolute atomic E-state index is 0.212. The Morgan fingerprint density at radius 1 is 0.963 bits per heavy atom. The summed E-state index contributed by atoms with van der Waals surface area (Å²) in [5, 5.41) is 7.71. The van der Waals surface area contributed by atoms with Crippen LogP contribution < -0.4 is 15.4 Å². The molecule has 0 saturated carbocycles. The molecule has 0 atom stereocenters. The minimum atomic E-state index is -0.745. The molecule has 3 rings (SSSR count). The maximum absolute atomic E-state index is 12.0. The average Bonchev–Trinajstić information content (AvgIpc) is 2.68. The second-order valence-corrected chi connectivity index (χ2v) is 6.36. The van der Waals surface area contributed by atoms with E-state index in [4.69, 9.17) is 16.3 Å². The van der Waals surface area contributed by atoms with Crippen LogP contribution in [0.25, 0.3) is 10.8 Å². The molecule has 0 aliphatic heterocycles. The van der Waals surface area contributed by atoms with Gasteiger partial charge in [0.1, 0.15) is 12.4 Å². The smallest absolute Gasteiger partial charge is 0.313 e. The Morgan fingerprint density at radius 3 is 2.56 bits per heavy atom. The summed E-state index contributed by atoms with van der Waals surface area (Å²) in [6.45, 7) is 2.24. The Labute approximate surface area is 162 Å². The van der Waals surface area contributed by atoms with Crippen molar-refractivity contribution in [2.45, 2.75) is 6.92 Å². The summed E-state index contributed by atoms with van der Waals surface area (Å²) in [5.74, 6) is -0.734. The van der Waals surface area contributed by atoms with E-state index in [2.05, 4.69) is 10.6 Å². The summed E-state index contributed by atoms with van der Waals surface area (Å²) in [5.41, 5.74) is 1.22. The number of amides is 2. The number of hydrogen-bond donors (Lipinski definition) is 2. The molecule has 138 valence electrons. The molecular weight excluding hydrogens is 364 g/mol. The Hall–Kier alpha value is -3.05. The van der Waals surface area contributed by atoms with Gasteiger partial charge in [0.2, 0.25) is 0 Å². The molecule has 0 heterocycles. The number of carbonyl (C=O) groups is 2. The van der Waals surface area contributed by atoms with Crippen molar-refractivity contribution in [1.82, 2.24) is 5.32 Å². The molecule has 0 saturated heterocycles. The molecule has 2 amide bonds. The van der Waals surface area contributed by atoms with E-state index >= 15 is 0 Å². The molecule has 0 aliphatic carbocycles. The Morgan fingerprint density at radius 2 is 1.70 bits per heavy atom. The number of rotatable bonds is 5. The molecule has 0 aromatic heterocycles. The highest BCUT2D eigenvalue weighted by Crippen LogP contribution is 2.25. The van der Waals surface area contributed by atoms with Crippen molar-refractivity contribution in [1.29, 1.82) is 0 Å². The fourth-order valence-electron chi connectivity index (χ4n) is 2.65. The topological polar surface area (TPSA) is 67.4 Å². The van der Waals surface area contributed by atoms with Crippen molar-refractivity contribution in [3.8, 4) is 5.75 Å². The van der Waals surface area contributed by atoms with Crippen molar-refractivity contribution in [2.75, 3.05) is 18.5 Å². The van der Waals surface area contributed by atoms with Gasteiger partial charge >= 0.3 is 11.8 Å². The van der Waals surface area contributed by atoms with Crippen molar-refractivity contribution in [3.05, 3.63) is 71.2 Å². The van der Waals surface area contributed by atoms with Gasteiger partial charge in [-0.3, -0.25) is 9.59 Å². The summed E-state index contributed by atoms with van der Waals surface area (Å²) in [7, 11) is 0. The number of fused-ring (bicyclic) bond motifs is 1. The zero-order valence-electron chi connectivity index (χ0n) is 14.8. The SMILES string of the molecule is Cc1c(Cl)cccc1NC(=O)C(=O)NCCOc1cccc2ccccc12. The van der Waals surface area contributed by atoms with E-state index in [-0.39, 0.29) is 13.2 Å². The maximum atomic E-state index is 12.0. The lowest BCUT2D eigenvalue weighted by Gasteiger charge is -2.11. The lowest BCUT2D eigenvalue weighted by molar-refractivity contribution is -0.136. The number of halogens is 1. The molecule has 27 heavy (non-hydrogen) atoms. The van der Waals surface area contributed by atoms with Gasteiger partial charge in [0.05, 0.1) is 6.54 Å². The number of anilines is 1. The third kappa shape index (κ3) is 4.57. The predicted molar refractivity (Wildman–Crippen MR) is 107 cm³/mol. The summed E-state index contributed by atoms with van der Waals surface area (Å²) in [6, 6.07) is 18.8. The normalized spacial score (nSPS) is 10.4. The van der Waals surface area contributed by atoms with Crippen LogP contribution in [0.3, 0.4) is 0 Å². The van der Waals surface area contributed by atoms with Gasteiger partial charge in [-0.05, 0) is 36.1 Å². The van der Waals surface area contributed by atoms with E-state index in [9.17, 15) is 9.59 Å². The zero-order valence-corrected chi connectivity index (χ0v) is 15.5. The van der Waals surface area contributed by atoms with Crippen LogP contribution in [0.15, 0.2) is 60.7 Å². The molecule has 3 aromatic carbocycles. The third-order valence-corrected chi connectivity index (χ3v) is 4.53. The molecule has 0 aliphatic rings. The first-order valence-corrected chi connectivity index (χ1v) is 8.89. The van der Waals surface area contributed by atoms with Crippen LogP contribution in [0, 0.1) is 6.92 Å². The molecule has 6 heteroatoms. The van der Waals surface area contributed by atoms with E-state index < -0.39 is 11.8 Å². The first-order valence-electron chi connectivity index (χ1n) is 8.51. The summed E-state index contributed by atoms with van der Waals surface area (Å²) in [6.07, 6.45) is 0. The highest BCUT2D eigenvalue weighted by atomic mass is 35.5. The first-order chi connectivity index (χ1) is 13.1. The Bertz CT molecular complexity index is 983. The van der Waals surface area contributed by atoms with Crippen LogP contribution in [0.4, 0.5) is 5.69 Å².